The number of aromatic nitrogens is 4. The highest BCUT2D eigenvalue weighted by atomic mass is 16.2. The van der Waals surface area contributed by atoms with Crippen LogP contribution in [0, 0.1) is 6.92 Å². The van der Waals surface area contributed by atoms with Gasteiger partial charge in [-0.05, 0) is 43.3 Å². The smallest absolute Gasteiger partial charge is 0.257 e. The number of hydrogen-bond donors (Lipinski definition) is 4. The second kappa shape index (κ2) is 10.3. The van der Waals surface area contributed by atoms with Crippen molar-refractivity contribution in [2.24, 2.45) is 7.05 Å². The Kier molecular flexibility index (Phi) is 6.82. The summed E-state index contributed by atoms with van der Waals surface area (Å²) in [5.74, 6) is 0.171. The Balaban J connectivity index is 1.66. The zero-order valence-electron chi connectivity index (χ0n) is 19.2. The van der Waals surface area contributed by atoms with Crippen LogP contribution in [0.15, 0.2) is 79.8 Å². The highest BCUT2D eigenvalue weighted by Crippen LogP contribution is 2.27. The molecule has 0 bridgehead atoms. The summed E-state index contributed by atoms with van der Waals surface area (Å²) in [5.41, 5.74) is 3.47. The fourth-order valence-electron chi connectivity index (χ4n) is 3.21. The summed E-state index contributed by atoms with van der Waals surface area (Å²) >= 11 is 0. The van der Waals surface area contributed by atoms with Crippen LogP contribution in [0.4, 0.5) is 34.5 Å². The molecular weight excluding hydrogens is 444 g/mol. The van der Waals surface area contributed by atoms with Gasteiger partial charge in [0.15, 0.2) is 0 Å². The maximum atomic E-state index is 13.1. The molecular formula is C25H24N8O2. The molecule has 2 heterocycles. The maximum absolute atomic E-state index is 13.1. The minimum atomic E-state index is -0.362. The van der Waals surface area contributed by atoms with E-state index in [-0.39, 0.29) is 11.8 Å². The Morgan fingerprint density at radius 3 is 2.49 bits per heavy atom. The van der Waals surface area contributed by atoms with Gasteiger partial charge in [-0.1, -0.05) is 24.8 Å². The Bertz CT molecular complexity index is 1380. The van der Waals surface area contributed by atoms with Gasteiger partial charge in [0.25, 0.3) is 5.91 Å². The fourth-order valence-corrected chi connectivity index (χ4v) is 3.21. The quantitative estimate of drug-likeness (QED) is 0.283. The molecule has 0 aliphatic rings. The molecule has 0 unspecified atom stereocenters. The van der Waals surface area contributed by atoms with Crippen molar-refractivity contribution in [1.82, 2.24) is 19.7 Å². The van der Waals surface area contributed by atoms with Crippen molar-refractivity contribution in [2.75, 3.05) is 21.3 Å². The molecule has 4 N–H and O–H groups in total. The summed E-state index contributed by atoms with van der Waals surface area (Å²) in [4.78, 5) is 33.8. The van der Waals surface area contributed by atoms with Crippen molar-refractivity contribution >= 4 is 46.3 Å². The first-order chi connectivity index (χ1) is 16.9. The van der Waals surface area contributed by atoms with Gasteiger partial charge in [0.05, 0.1) is 23.1 Å². The number of benzene rings is 2. The number of hydrogen-bond acceptors (Lipinski definition) is 7. The van der Waals surface area contributed by atoms with E-state index >= 15 is 0 Å². The highest BCUT2D eigenvalue weighted by molar-refractivity contribution is 6.09. The van der Waals surface area contributed by atoms with Crippen LogP contribution in [0.3, 0.4) is 0 Å². The molecule has 176 valence electrons. The zero-order chi connectivity index (χ0) is 24.8. The van der Waals surface area contributed by atoms with Crippen molar-refractivity contribution in [2.45, 2.75) is 6.92 Å². The minimum absolute atomic E-state index is 0.319. The largest absolute Gasteiger partial charge is 0.339 e. The van der Waals surface area contributed by atoms with Gasteiger partial charge in [-0.15, -0.1) is 0 Å². The van der Waals surface area contributed by atoms with Crippen LogP contribution < -0.4 is 21.3 Å². The predicted molar refractivity (Wildman–Crippen MR) is 136 cm³/mol. The Morgan fingerprint density at radius 2 is 1.77 bits per heavy atom. The predicted octanol–water partition coefficient (Wildman–Crippen LogP) is 4.38. The molecule has 10 nitrogen and oxygen atoms in total. The summed E-state index contributed by atoms with van der Waals surface area (Å²) < 4.78 is 1.66. The number of nitrogens with zero attached hydrogens (tertiary/aromatic N) is 4. The van der Waals surface area contributed by atoms with E-state index in [1.54, 1.807) is 53.6 Å². The van der Waals surface area contributed by atoms with Gasteiger partial charge in [0.1, 0.15) is 5.82 Å². The number of para-hydroxylation sites is 1. The molecule has 4 aromatic rings. The van der Waals surface area contributed by atoms with Gasteiger partial charge < -0.3 is 21.3 Å². The van der Waals surface area contributed by atoms with Crippen LogP contribution in [-0.2, 0) is 11.8 Å². The second-order valence-corrected chi connectivity index (χ2v) is 7.65. The molecule has 2 aromatic heterocycles. The van der Waals surface area contributed by atoms with Crippen LogP contribution in [0.5, 0.6) is 0 Å². The van der Waals surface area contributed by atoms with Crippen LogP contribution in [-0.4, -0.2) is 31.6 Å². The molecule has 0 aliphatic carbocycles. The number of carbonyl (C=O) groups is 2. The Hall–Kier alpha value is -4.99. The van der Waals surface area contributed by atoms with Gasteiger partial charge in [0, 0.05) is 36.4 Å². The van der Waals surface area contributed by atoms with Crippen molar-refractivity contribution in [3.8, 4) is 0 Å². The van der Waals surface area contributed by atoms with Gasteiger partial charge in [-0.25, -0.2) is 4.98 Å². The normalized spacial score (nSPS) is 10.3. The van der Waals surface area contributed by atoms with E-state index in [0.29, 0.717) is 34.4 Å². The summed E-state index contributed by atoms with van der Waals surface area (Å²) in [7, 11) is 1.81. The lowest BCUT2D eigenvalue weighted by Gasteiger charge is -2.16. The molecule has 0 fully saturated rings. The lowest BCUT2D eigenvalue weighted by molar-refractivity contribution is -0.111. The number of amides is 2. The number of carbonyl (C=O) groups excluding carboxylic acids is 2. The molecule has 10 heteroatoms. The third kappa shape index (κ3) is 5.88. The third-order valence-electron chi connectivity index (χ3n) is 4.93. The SMILES string of the molecule is C=CC(=O)Nc1ccc(C(=O)Nc2ccccc2)c(Nc2nc(Nc3cnn(C)c3)ncc2C)c1. The summed E-state index contributed by atoms with van der Waals surface area (Å²) in [6.45, 7) is 5.33. The van der Waals surface area contributed by atoms with E-state index < -0.39 is 0 Å². The molecule has 4 rings (SSSR count). The first kappa shape index (κ1) is 23.2. The van der Waals surface area contributed by atoms with Gasteiger partial charge >= 0.3 is 0 Å². The van der Waals surface area contributed by atoms with Crippen LogP contribution in [0.2, 0.25) is 0 Å². The molecule has 0 atom stereocenters. The topological polar surface area (TPSA) is 126 Å². The lowest BCUT2D eigenvalue weighted by atomic mass is 10.1. The van der Waals surface area contributed by atoms with Crippen molar-refractivity contribution in [3.63, 3.8) is 0 Å². The first-order valence-corrected chi connectivity index (χ1v) is 10.7. The van der Waals surface area contributed by atoms with Crippen molar-refractivity contribution < 1.29 is 9.59 Å². The number of anilines is 6. The molecule has 0 aliphatic heterocycles. The molecule has 0 saturated heterocycles. The average molecular weight is 469 g/mol. The maximum Gasteiger partial charge on any atom is 0.257 e. The molecule has 0 radical (unpaired) electrons. The zero-order valence-corrected chi connectivity index (χ0v) is 19.2. The second-order valence-electron chi connectivity index (χ2n) is 7.65. The van der Waals surface area contributed by atoms with E-state index in [9.17, 15) is 9.59 Å². The van der Waals surface area contributed by atoms with Crippen LogP contribution in [0.1, 0.15) is 15.9 Å². The van der Waals surface area contributed by atoms with E-state index in [2.05, 4.69) is 42.9 Å². The lowest BCUT2D eigenvalue weighted by Crippen LogP contribution is -2.15. The van der Waals surface area contributed by atoms with E-state index in [1.165, 1.54) is 6.08 Å². The Morgan fingerprint density at radius 1 is 0.971 bits per heavy atom. The molecule has 2 aromatic carbocycles. The van der Waals surface area contributed by atoms with Crippen LogP contribution in [0.25, 0.3) is 0 Å². The minimum Gasteiger partial charge on any atom is -0.339 e. The highest BCUT2D eigenvalue weighted by Gasteiger charge is 2.16. The number of rotatable bonds is 8. The molecule has 0 saturated carbocycles. The van der Waals surface area contributed by atoms with Crippen LogP contribution >= 0.6 is 0 Å². The summed E-state index contributed by atoms with van der Waals surface area (Å²) in [6.07, 6.45) is 6.30. The first-order valence-electron chi connectivity index (χ1n) is 10.7. The summed E-state index contributed by atoms with van der Waals surface area (Å²) in [6, 6.07) is 14.1. The monoisotopic (exact) mass is 468 g/mol. The van der Waals surface area contributed by atoms with Gasteiger partial charge in [0.2, 0.25) is 11.9 Å². The average Bonchev–Trinajstić information content (AvgIpc) is 3.26. The Labute approximate surface area is 202 Å². The molecule has 0 spiro atoms. The summed E-state index contributed by atoms with van der Waals surface area (Å²) in [5, 5.41) is 16.0. The molecule has 35 heavy (non-hydrogen) atoms. The van der Waals surface area contributed by atoms with E-state index in [1.807, 2.05) is 32.2 Å². The fraction of sp³-hybridized carbons (Fsp3) is 0.0800. The van der Waals surface area contributed by atoms with Crippen molar-refractivity contribution in [1.29, 1.82) is 0 Å². The number of nitrogens with one attached hydrogen (secondary N) is 4. The van der Waals surface area contributed by atoms with E-state index in [4.69, 9.17) is 0 Å². The van der Waals surface area contributed by atoms with E-state index in [0.717, 1.165) is 11.3 Å². The third-order valence-corrected chi connectivity index (χ3v) is 4.93. The van der Waals surface area contributed by atoms with Gasteiger partial charge in [-0.3, -0.25) is 14.3 Å². The standard InChI is InChI=1S/C25H24N8O2/c1-4-22(34)28-18-10-11-20(24(35)29-17-8-6-5-7-9-17)21(12-18)31-23-16(2)13-26-25(32-23)30-19-14-27-33(3)15-19/h4-15H,1H2,2-3H3,(H,28,34)(H,29,35)(H2,26,30,31,32). The van der Waals surface area contributed by atoms with Crippen molar-refractivity contribution in [3.05, 3.63) is 90.9 Å². The molecule has 2 amide bonds. The van der Waals surface area contributed by atoms with Gasteiger partial charge in [-0.2, -0.15) is 10.1 Å². The number of aryl methyl sites for hydroxylation is 2.